The van der Waals surface area contributed by atoms with E-state index in [1.807, 2.05) is 18.2 Å². The topological polar surface area (TPSA) is 62.8 Å². The van der Waals surface area contributed by atoms with E-state index in [4.69, 9.17) is 9.47 Å². The van der Waals surface area contributed by atoms with Gasteiger partial charge >= 0.3 is 0 Å². The van der Waals surface area contributed by atoms with Gasteiger partial charge in [0.05, 0.1) is 24.8 Å². The van der Waals surface area contributed by atoms with Gasteiger partial charge in [-0.3, -0.25) is 4.79 Å². The second kappa shape index (κ2) is 8.73. The quantitative estimate of drug-likeness (QED) is 0.809. The van der Waals surface area contributed by atoms with Crippen LogP contribution < -0.4 is 20.3 Å². The van der Waals surface area contributed by atoms with Gasteiger partial charge < -0.3 is 25.0 Å². The first-order valence-corrected chi connectivity index (χ1v) is 9.57. The van der Waals surface area contributed by atoms with Crippen molar-refractivity contribution in [2.24, 2.45) is 5.41 Å². The zero-order chi connectivity index (χ0) is 18.4. The molecule has 2 aliphatic rings. The maximum Gasteiger partial charge on any atom is 0.228 e. The highest BCUT2D eigenvalue weighted by Crippen LogP contribution is 2.32. The summed E-state index contributed by atoms with van der Waals surface area (Å²) in [7, 11) is 3.39. The predicted molar refractivity (Wildman–Crippen MR) is 103 cm³/mol. The Morgan fingerprint density at radius 2 is 1.92 bits per heavy atom. The Morgan fingerprint density at radius 3 is 2.58 bits per heavy atom. The zero-order valence-electron chi connectivity index (χ0n) is 15.9. The van der Waals surface area contributed by atoms with Crippen molar-refractivity contribution >= 4 is 11.6 Å². The minimum absolute atomic E-state index is 0.164. The molecule has 0 spiro atoms. The van der Waals surface area contributed by atoms with Crippen LogP contribution >= 0.6 is 0 Å². The third-order valence-corrected chi connectivity index (χ3v) is 5.72. The fourth-order valence-corrected chi connectivity index (χ4v) is 4.11. The van der Waals surface area contributed by atoms with Crippen molar-refractivity contribution in [1.82, 2.24) is 10.6 Å². The van der Waals surface area contributed by atoms with E-state index < -0.39 is 0 Å². The lowest BCUT2D eigenvalue weighted by atomic mass is 9.78. The molecule has 0 unspecified atom stereocenters. The molecule has 144 valence electrons. The smallest absolute Gasteiger partial charge is 0.228 e. The molecule has 1 aromatic rings. The van der Waals surface area contributed by atoms with Crippen LogP contribution in [0.25, 0.3) is 0 Å². The lowest BCUT2D eigenvalue weighted by Crippen LogP contribution is -2.54. The minimum Gasteiger partial charge on any atom is -0.495 e. The van der Waals surface area contributed by atoms with Crippen molar-refractivity contribution in [3.8, 4) is 5.75 Å². The molecule has 0 saturated carbocycles. The second-order valence-corrected chi connectivity index (χ2v) is 7.37. The summed E-state index contributed by atoms with van der Waals surface area (Å²) in [6.45, 7) is 4.10. The summed E-state index contributed by atoms with van der Waals surface area (Å²) in [5, 5.41) is 6.65. The van der Waals surface area contributed by atoms with Crippen molar-refractivity contribution in [2.75, 3.05) is 51.9 Å². The molecule has 2 N–H and O–H groups in total. The maximum atomic E-state index is 13.0. The molecule has 1 amide bonds. The number of hydrogen-bond acceptors (Lipinski definition) is 5. The first kappa shape index (κ1) is 19.0. The van der Waals surface area contributed by atoms with Gasteiger partial charge in [-0.05, 0) is 50.9 Å². The summed E-state index contributed by atoms with van der Waals surface area (Å²) in [6, 6.07) is 8.35. The van der Waals surface area contributed by atoms with Crippen molar-refractivity contribution < 1.29 is 14.3 Å². The van der Waals surface area contributed by atoms with E-state index in [9.17, 15) is 4.79 Å². The van der Waals surface area contributed by atoms with Gasteiger partial charge in [-0.25, -0.2) is 0 Å². The summed E-state index contributed by atoms with van der Waals surface area (Å²) in [5.74, 6) is 1.07. The maximum absolute atomic E-state index is 13.0. The van der Waals surface area contributed by atoms with Crippen LogP contribution in [0.4, 0.5) is 5.69 Å². The molecular weight excluding hydrogens is 330 g/mol. The highest BCUT2D eigenvalue weighted by atomic mass is 16.5. The largest absolute Gasteiger partial charge is 0.495 e. The first-order chi connectivity index (χ1) is 12.7. The number of amides is 1. The van der Waals surface area contributed by atoms with Crippen LogP contribution in [-0.4, -0.2) is 59.0 Å². The van der Waals surface area contributed by atoms with Crippen LogP contribution in [-0.2, 0) is 9.53 Å². The summed E-state index contributed by atoms with van der Waals surface area (Å²) in [6.07, 6.45) is 3.58. The lowest BCUT2D eigenvalue weighted by Gasteiger charge is -2.39. The van der Waals surface area contributed by atoms with Crippen LogP contribution in [0, 0.1) is 5.41 Å². The Morgan fingerprint density at radius 1 is 1.23 bits per heavy atom. The summed E-state index contributed by atoms with van der Waals surface area (Å²) in [4.78, 5) is 15.3. The molecule has 0 aromatic heterocycles. The Balaban J connectivity index is 1.57. The molecule has 2 aliphatic heterocycles. The van der Waals surface area contributed by atoms with Crippen LogP contribution in [0.5, 0.6) is 5.75 Å². The molecule has 0 atom stereocenters. The molecule has 26 heavy (non-hydrogen) atoms. The van der Waals surface area contributed by atoms with Crippen molar-refractivity contribution in [3.63, 3.8) is 0 Å². The van der Waals surface area contributed by atoms with E-state index in [1.54, 1.807) is 14.2 Å². The van der Waals surface area contributed by atoms with Gasteiger partial charge in [0.15, 0.2) is 0 Å². The number of carbonyl (C=O) groups excluding carboxylic acids is 1. The fourth-order valence-electron chi connectivity index (χ4n) is 4.11. The zero-order valence-corrected chi connectivity index (χ0v) is 15.9. The molecule has 6 heteroatoms. The van der Waals surface area contributed by atoms with E-state index in [-0.39, 0.29) is 17.4 Å². The van der Waals surface area contributed by atoms with Crippen molar-refractivity contribution in [1.29, 1.82) is 0 Å². The molecular formula is C20H31N3O3. The molecule has 2 heterocycles. The number of methoxy groups -OCH3 is 2. The van der Waals surface area contributed by atoms with Crippen LogP contribution in [0.15, 0.2) is 24.3 Å². The Kier molecular flexibility index (Phi) is 6.38. The van der Waals surface area contributed by atoms with Gasteiger partial charge in [0.2, 0.25) is 5.91 Å². The van der Waals surface area contributed by atoms with Gasteiger partial charge in [-0.2, -0.15) is 0 Å². The lowest BCUT2D eigenvalue weighted by molar-refractivity contribution is -0.137. The standard InChI is InChI=1S/C20H31N3O3/c1-25-15-20(9-11-21-12-10-20)19(24)22-16-7-13-23(14-8-16)17-5-3-4-6-18(17)26-2/h3-6,16,21H,7-15H2,1-2H3,(H,22,24). The highest BCUT2D eigenvalue weighted by Gasteiger charge is 2.40. The molecule has 3 rings (SSSR count). The van der Waals surface area contributed by atoms with Crippen LogP contribution in [0.1, 0.15) is 25.7 Å². The van der Waals surface area contributed by atoms with E-state index >= 15 is 0 Å². The molecule has 1 aromatic carbocycles. The van der Waals surface area contributed by atoms with Gasteiger partial charge in [-0.1, -0.05) is 12.1 Å². The van der Waals surface area contributed by atoms with Crippen molar-refractivity contribution in [3.05, 3.63) is 24.3 Å². The van der Waals surface area contributed by atoms with E-state index in [0.717, 1.165) is 63.3 Å². The predicted octanol–water partition coefficient (Wildman–Crippen LogP) is 1.80. The van der Waals surface area contributed by atoms with Gasteiger partial charge in [0.1, 0.15) is 5.75 Å². The van der Waals surface area contributed by atoms with Gasteiger partial charge in [0.25, 0.3) is 0 Å². The first-order valence-electron chi connectivity index (χ1n) is 9.57. The molecule has 2 fully saturated rings. The number of rotatable bonds is 6. The SMILES string of the molecule is COCC1(C(=O)NC2CCN(c3ccccc3OC)CC2)CCNCC1. The number of nitrogens with zero attached hydrogens (tertiary/aromatic N) is 1. The molecule has 0 radical (unpaired) electrons. The number of hydrogen-bond donors (Lipinski definition) is 2. The number of benzene rings is 1. The summed E-state index contributed by atoms with van der Waals surface area (Å²) in [5.41, 5.74) is 0.758. The van der Waals surface area contributed by atoms with E-state index in [1.165, 1.54) is 0 Å². The molecule has 0 aliphatic carbocycles. The Bertz CT molecular complexity index is 588. The number of piperidine rings is 2. The van der Waals surface area contributed by atoms with Crippen LogP contribution in [0.3, 0.4) is 0 Å². The van der Waals surface area contributed by atoms with E-state index in [0.29, 0.717) is 6.61 Å². The number of anilines is 1. The number of ether oxygens (including phenoxy) is 2. The van der Waals surface area contributed by atoms with Gasteiger partial charge in [-0.15, -0.1) is 0 Å². The Labute approximate surface area is 156 Å². The monoisotopic (exact) mass is 361 g/mol. The second-order valence-electron chi connectivity index (χ2n) is 7.37. The van der Waals surface area contributed by atoms with Gasteiger partial charge in [0, 0.05) is 26.2 Å². The summed E-state index contributed by atoms with van der Waals surface area (Å²) < 4.78 is 10.9. The average molecular weight is 361 g/mol. The number of nitrogens with one attached hydrogen (secondary N) is 2. The number of para-hydroxylation sites is 2. The third-order valence-electron chi connectivity index (χ3n) is 5.72. The minimum atomic E-state index is -0.375. The summed E-state index contributed by atoms with van der Waals surface area (Å²) >= 11 is 0. The molecule has 6 nitrogen and oxygen atoms in total. The van der Waals surface area contributed by atoms with Crippen LogP contribution in [0.2, 0.25) is 0 Å². The molecule has 2 saturated heterocycles. The average Bonchev–Trinajstić information content (AvgIpc) is 2.69. The van der Waals surface area contributed by atoms with Crippen molar-refractivity contribution in [2.45, 2.75) is 31.7 Å². The normalized spacial score (nSPS) is 20.6. The highest BCUT2D eigenvalue weighted by molar-refractivity contribution is 5.83. The third kappa shape index (κ3) is 4.13. The fraction of sp³-hybridized carbons (Fsp3) is 0.650. The Hall–Kier alpha value is -1.79. The van der Waals surface area contributed by atoms with E-state index in [2.05, 4.69) is 21.6 Å². The molecule has 0 bridgehead atoms. The number of carbonyl (C=O) groups is 1.